The molecule has 0 radical (unpaired) electrons. The first-order valence-electron chi connectivity index (χ1n) is 13.7. The van der Waals surface area contributed by atoms with Crippen LogP contribution in [0.1, 0.15) is 90.9 Å². The minimum absolute atomic E-state index is 0.213. The summed E-state index contributed by atoms with van der Waals surface area (Å²) >= 11 is 0. The van der Waals surface area contributed by atoms with Gasteiger partial charge in [-0.3, -0.25) is 9.59 Å². The van der Waals surface area contributed by atoms with E-state index in [9.17, 15) is 30.0 Å². The third kappa shape index (κ3) is 14.8. The van der Waals surface area contributed by atoms with Gasteiger partial charge in [-0.25, -0.2) is 0 Å². The van der Waals surface area contributed by atoms with Crippen LogP contribution in [0, 0.1) is 0 Å². The fourth-order valence-electron chi connectivity index (χ4n) is 3.97. The lowest BCUT2D eigenvalue weighted by atomic mass is 9.99. The van der Waals surface area contributed by atoms with Crippen molar-refractivity contribution in [3.8, 4) is 0 Å². The van der Waals surface area contributed by atoms with Crippen LogP contribution >= 0.6 is 0 Å². The van der Waals surface area contributed by atoms with Gasteiger partial charge in [-0.15, -0.1) is 0 Å². The van der Waals surface area contributed by atoms with Crippen LogP contribution in [0.4, 0.5) is 0 Å². The predicted octanol–water partition coefficient (Wildman–Crippen LogP) is 2.54. The molecule has 0 spiro atoms. The van der Waals surface area contributed by atoms with Crippen molar-refractivity contribution < 1.29 is 49.0 Å². The lowest BCUT2D eigenvalue weighted by molar-refractivity contribution is -0.305. The second kappa shape index (κ2) is 20.4. The Kier molecular flexibility index (Phi) is 18.5. The van der Waals surface area contributed by atoms with Crippen LogP contribution in [0.3, 0.4) is 0 Å². The number of hydrogen-bond donors (Lipinski definition) is 4. The fraction of sp³-hybridized carbons (Fsp3) is 0.852. The Balaban J connectivity index is 2.29. The molecule has 1 saturated heterocycles. The largest absolute Gasteiger partial charge is 0.462 e. The average molecular weight is 533 g/mol. The molecular formula is C27H48O10. The Bertz CT molecular complexity index is 639. The van der Waals surface area contributed by atoms with Gasteiger partial charge in [-0.05, 0) is 32.1 Å². The molecule has 0 aromatic heterocycles. The topological polar surface area (TPSA) is 152 Å². The molecule has 37 heavy (non-hydrogen) atoms. The maximum atomic E-state index is 12.3. The molecule has 10 nitrogen and oxygen atoms in total. The van der Waals surface area contributed by atoms with Gasteiger partial charge < -0.3 is 39.4 Å². The first-order valence-corrected chi connectivity index (χ1v) is 13.7. The van der Waals surface area contributed by atoms with Crippen LogP contribution in [0.25, 0.3) is 0 Å². The summed E-state index contributed by atoms with van der Waals surface area (Å²) < 4.78 is 21.0. The Hall–Kier alpha value is -1.56. The van der Waals surface area contributed by atoms with E-state index in [1.54, 1.807) is 0 Å². The predicted molar refractivity (Wildman–Crippen MR) is 136 cm³/mol. The number of esters is 2. The van der Waals surface area contributed by atoms with E-state index in [0.29, 0.717) is 6.42 Å². The number of aliphatic hydroxyl groups is 4. The highest BCUT2D eigenvalue weighted by atomic mass is 16.7. The Morgan fingerprint density at radius 2 is 1.49 bits per heavy atom. The Morgan fingerprint density at radius 3 is 2.08 bits per heavy atom. The van der Waals surface area contributed by atoms with Gasteiger partial charge in [0.15, 0.2) is 12.4 Å². The van der Waals surface area contributed by atoms with Crippen molar-refractivity contribution in [3.63, 3.8) is 0 Å². The van der Waals surface area contributed by atoms with Crippen LogP contribution in [-0.2, 0) is 28.5 Å². The van der Waals surface area contributed by atoms with E-state index < -0.39 is 55.4 Å². The second-order valence-corrected chi connectivity index (χ2v) is 9.57. The quantitative estimate of drug-likeness (QED) is 0.105. The molecule has 5 unspecified atom stereocenters. The van der Waals surface area contributed by atoms with Gasteiger partial charge in [0.05, 0.1) is 13.2 Å². The molecule has 6 atom stereocenters. The van der Waals surface area contributed by atoms with Crippen molar-refractivity contribution in [1.29, 1.82) is 0 Å². The normalized spacial score (nSPS) is 24.8. The van der Waals surface area contributed by atoms with Gasteiger partial charge in [-0.1, -0.05) is 57.6 Å². The molecule has 1 aliphatic heterocycles. The van der Waals surface area contributed by atoms with Gasteiger partial charge in [0.2, 0.25) is 0 Å². The van der Waals surface area contributed by atoms with Crippen molar-refractivity contribution in [2.45, 2.75) is 128 Å². The molecule has 10 heteroatoms. The van der Waals surface area contributed by atoms with Gasteiger partial charge in [0.1, 0.15) is 31.0 Å². The third-order valence-electron chi connectivity index (χ3n) is 6.21. The summed E-state index contributed by atoms with van der Waals surface area (Å²) in [5, 5.41) is 39.1. The molecule has 216 valence electrons. The van der Waals surface area contributed by atoms with Crippen LogP contribution in [0.2, 0.25) is 0 Å². The monoisotopic (exact) mass is 532 g/mol. The van der Waals surface area contributed by atoms with E-state index in [0.717, 1.165) is 32.1 Å². The molecular weight excluding hydrogens is 484 g/mol. The minimum atomic E-state index is -1.59. The molecule has 0 bridgehead atoms. The van der Waals surface area contributed by atoms with Crippen LogP contribution in [-0.4, -0.2) is 89.0 Å². The van der Waals surface area contributed by atoms with Crippen molar-refractivity contribution in [2.24, 2.45) is 0 Å². The standard InChI is InChI=1S/C27H48O10/c1-3-4-5-6-7-8-9-10-11-12-13-14-15-16-23(30)36-21(18-34-20(2)29)19-35-27-26(33)25(32)24(31)22(17-28)37-27/h9-10,21-22,24-28,31-33H,3-8,11-19H2,1-2H3/b10-9-/t21-,22?,24?,25?,26?,27?/m0/s1. The van der Waals surface area contributed by atoms with Crippen LogP contribution in [0.5, 0.6) is 0 Å². The summed E-state index contributed by atoms with van der Waals surface area (Å²) in [6.07, 6.45) is 8.91. The number of unbranched alkanes of at least 4 members (excludes halogenated alkanes) is 9. The average Bonchev–Trinajstić information content (AvgIpc) is 2.87. The summed E-state index contributed by atoms with van der Waals surface area (Å²) in [4.78, 5) is 23.5. The third-order valence-corrected chi connectivity index (χ3v) is 6.21. The number of allylic oxidation sites excluding steroid dienone is 2. The maximum Gasteiger partial charge on any atom is 0.306 e. The van der Waals surface area contributed by atoms with Gasteiger partial charge in [-0.2, -0.15) is 0 Å². The first kappa shape index (κ1) is 33.5. The second-order valence-electron chi connectivity index (χ2n) is 9.57. The molecule has 0 amide bonds. The number of ether oxygens (including phenoxy) is 4. The highest BCUT2D eigenvalue weighted by Crippen LogP contribution is 2.22. The lowest BCUT2D eigenvalue weighted by Crippen LogP contribution is -2.59. The first-order chi connectivity index (χ1) is 17.8. The highest BCUT2D eigenvalue weighted by molar-refractivity contribution is 5.69. The van der Waals surface area contributed by atoms with E-state index in [-0.39, 0.29) is 19.6 Å². The molecule has 0 saturated carbocycles. The molecule has 0 aromatic carbocycles. The number of hydrogen-bond acceptors (Lipinski definition) is 10. The maximum absolute atomic E-state index is 12.3. The van der Waals surface area contributed by atoms with Gasteiger partial charge in [0.25, 0.3) is 0 Å². The zero-order valence-electron chi connectivity index (χ0n) is 22.5. The van der Waals surface area contributed by atoms with Gasteiger partial charge in [0, 0.05) is 13.3 Å². The van der Waals surface area contributed by atoms with Crippen molar-refractivity contribution in [1.82, 2.24) is 0 Å². The van der Waals surface area contributed by atoms with E-state index in [1.165, 1.54) is 39.0 Å². The number of rotatable bonds is 20. The highest BCUT2D eigenvalue weighted by Gasteiger charge is 2.44. The fourth-order valence-corrected chi connectivity index (χ4v) is 3.97. The van der Waals surface area contributed by atoms with E-state index >= 15 is 0 Å². The molecule has 1 aliphatic rings. The molecule has 1 fully saturated rings. The lowest BCUT2D eigenvalue weighted by Gasteiger charge is -2.39. The number of aliphatic hydroxyl groups excluding tert-OH is 4. The summed E-state index contributed by atoms with van der Waals surface area (Å²) in [6.45, 7) is 2.32. The van der Waals surface area contributed by atoms with Crippen molar-refractivity contribution in [2.75, 3.05) is 19.8 Å². The van der Waals surface area contributed by atoms with Crippen LogP contribution < -0.4 is 0 Å². The molecule has 1 rings (SSSR count). The van der Waals surface area contributed by atoms with Crippen molar-refractivity contribution >= 4 is 11.9 Å². The van der Waals surface area contributed by atoms with Crippen LogP contribution in [0.15, 0.2) is 12.2 Å². The zero-order chi connectivity index (χ0) is 27.5. The molecule has 0 aromatic rings. The SMILES string of the molecule is CCCCCCC/C=C\CCCCCCC(=O)O[C@@H](COC(C)=O)COC1OC(CO)C(O)C(O)C1O. The Morgan fingerprint density at radius 1 is 0.865 bits per heavy atom. The summed E-state index contributed by atoms with van der Waals surface area (Å²) in [7, 11) is 0. The van der Waals surface area contributed by atoms with E-state index in [4.69, 9.17) is 18.9 Å². The van der Waals surface area contributed by atoms with Gasteiger partial charge >= 0.3 is 11.9 Å². The zero-order valence-corrected chi connectivity index (χ0v) is 22.5. The summed E-state index contributed by atoms with van der Waals surface area (Å²) in [5.74, 6) is -1.02. The van der Waals surface area contributed by atoms with Crippen molar-refractivity contribution in [3.05, 3.63) is 12.2 Å². The minimum Gasteiger partial charge on any atom is -0.462 e. The molecule has 0 aliphatic carbocycles. The van der Waals surface area contributed by atoms with E-state index in [1.807, 2.05) is 0 Å². The molecule has 4 N–H and O–H groups in total. The van der Waals surface area contributed by atoms with E-state index in [2.05, 4.69) is 19.1 Å². The summed E-state index contributed by atoms with van der Waals surface area (Å²) in [5.41, 5.74) is 0. The smallest absolute Gasteiger partial charge is 0.306 e. The molecule has 1 heterocycles. The summed E-state index contributed by atoms with van der Waals surface area (Å²) in [6, 6.07) is 0. The number of carbonyl (C=O) groups excluding carboxylic acids is 2. The number of carbonyl (C=O) groups is 2. The Labute approximate surface area is 220 Å².